The topological polar surface area (TPSA) is 52.6 Å². The molecule has 0 aliphatic carbocycles. The lowest BCUT2D eigenvalue weighted by atomic mass is 10.1. The van der Waals surface area contributed by atoms with Crippen molar-refractivity contribution in [1.29, 1.82) is 0 Å². The molecule has 1 aromatic rings. The number of aliphatic hydroxyl groups is 1. The Balaban J connectivity index is 2.87. The highest BCUT2D eigenvalue weighted by Gasteiger charge is 2.26. The third-order valence-electron chi connectivity index (χ3n) is 2.63. The lowest BCUT2D eigenvalue weighted by Crippen LogP contribution is -2.47. The maximum Gasteiger partial charge on any atom is 0.254 e. The first-order chi connectivity index (χ1) is 9.55. The van der Waals surface area contributed by atoms with E-state index in [9.17, 15) is 27.5 Å². The van der Waals surface area contributed by atoms with Crippen LogP contribution in [0.3, 0.4) is 0 Å². The molecule has 0 spiro atoms. The van der Waals surface area contributed by atoms with Gasteiger partial charge >= 0.3 is 0 Å². The minimum Gasteiger partial charge on any atom is -0.387 e. The van der Waals surface area contributed by atoms with Gasteiger partial charge in [0.05, 0.1) is 11.2 Å². The van der Waals surface area contributed by atoms with Crippen molar-refractivity contribution in [3.63, 3.8) is 0 Å². The zero-order valence-electron chi connectivity index (χ0n) is 11.8. The number of rotatable bonds is 5. The van der Waals surface area contributed by atoms with Crippen LogP contribution in [0.15, 0.2) is 6.07 Å². The second kappa shape index (κ2) is 6.40. The van der Waals surface area contributed by atoms with Crippen molar-refractivity contribution < 1.29 is 27.5 Å². The molecule has 1 aromatic carbocycles. The van der Waals surface area contributed by atoms with E-state index in [0.29, 0.717) is 0 Å². The Morgan fingerprint density at radius 2 is 1.81 bits per heavy atom. The molecule has 0 fully saturated rings. The van der Waals surface area contributed by atoms with E-state index in [0.717, 1.165) is 0 Å². The summed E-state index contributed by atoms with van der Waals surface area (Å²) in [6, 6.07) is 0.268. The summed E-state index contributed by atoms with van der Waals surface area (Å²) < 4.78 is 52.2. The molecule has 1 unspecified atom stereocenters. The number of amides is 1. The van der Waals surface area contributed by atoms with Gasteiger partial charge in [-0.1, -0.05) is 0 Å². The highest BCUT2D eigenvalue weighted by atomic mass is 19.2. The third-order valence-corrected chi connectivity index (χ3v) is 2.63. The molecule has 8 heteroatoms. The van der Waals surface area contributed by atoms with Gasteiger partial charge in [0.2, 0.25) is 0 Å². The Hall–Kier alpha value is -1.67. The molecule has 21 heavy (non-hydrogen) atoms. The van der Waals surface area contributed by atoms with Crippen molar-refractivity contribution in [2.24, 2.45) is 0 Å². The Morgan fingerprint density at radius 3 is 2.33 bits per heavy atom. The number of nitrogens with one attached hydrogen (secondary N) is 1. The number of carbonyl (C=O) groups excluding carboxylic acids is 1. The number of nitrogens with zero attached hydrogens (tertiary/aromatic N) is 1. The molecule has 2 N–H and O–H groups in total. The van der Waals surface area contributed by atoms with E-state index >= 15 is 0 Å². The van der Waals surface area contributed by atoms with Gasteiger partial charge in [-0.25, -0.2) is 17.6 Å². The second-order valence-electron chi connectivity index (χ2n) is 5.27. The van der Waals surface area contributed by atoms with Gasteiger partial charge in [-0.15, -0.1) is 0 Å². The molecule has 0 saturated carbocycles. The summed E-state index contributed by atoms with van der Waals surface area (Å²) in [4.78, 5) is 13.3. The number of carbonyl (C=O) groups is 1. The smallest absolute Gasteiger partial charge is 0.254 e. The summed E-state index contributed by atoms with van der Waals surface area (Å²) in [5.74, 6) is -8.63. The standard InChI is InChI=1S/C13H16F4N2O2/c1-13(21,6-19(2)3)5-18-12(20)7-4-8(14)10(16)11(17)9(7)15/h4,21H,5-6H2,1-3H3,(H,18,20). The first kappa shape index (κ1) is 17.4. The normalized spacial score (nSPS) is 14.1. The average Bonchev–Trinajstić information content (AvgIpc) is 2.36. The van der Waals surface area contributed by atoms with Gasteiger partial charge < -0.3 is 15.3 Å². The monoisotopic (exact) mass is 308 g/mol. The molecule has 1 amide bonds. The highest BCUT2D eigenvalue weighted by Crippen LogP contribution is 2.18. The lowest BCUT2D eigenvalue weighted by Gasteiger charge is -2.27. The second-order valence-corrected chi connectivity index (χ2v) is 5.27. The molecule has 0 saturated heterocycles. The number of halogens is 4. The third kappa shape index (κ3) is 4.40. The van der Waals surface area contributed by atoms with Crippen LogP contribution in [0.25, 0.3) is 0 Å². The summed E-state index contributed by atoms with van der Waals surface area (Å²) in [6.45, 7) is 1.35. The van der Waals surface area contributed by atoms with Crippen molar-refractivity contribution in [3.05, 3.63) is 34.9 Å². The van der Waals surface area contributed by atoms with Gasteiger partial charge in [0, 0.05) is 13.1 Å². The molecule has 118 valence electrons. The maximum atomic E-state index is 13.4. The molecule has 0 aliphatic rings. The maximum absolute atomic E-state index is 13.4. The molecule has 0 aromatic heterocycles. The quantitative estimate of drug-likeness (QED) is 0.489. The molecule has 0 bridgehead atoms. The fourth-order valence-electron chi connectivity index (χ4n) is 1.84. The number of hydrogen-bond donors (Lipinski definition) is 2. The lowest BCUT2D eigenvalue weighted by molar-refractivity contribution is 0.0325. The van der Waals surface area contributed by atoms with Crippen LogP contribution in [-0.2, 0) is 0 Å². The van der Waals surface area contributed by atoms with Crippen molar-refractivity contribution in [1.82, 2.24) is 10.2 Å². The van der Waals surface area contributed by atoms with Crippen LogP contribution >= 0.6 is 0 Å². The fraction of sp³-hybridized carbons (Fsp3) is 0.462. The molecule has 0 aliphatic heterocycles. The van der Waals surface area contributed by atoms with Gasteiger partial charge in [0.15, 0.2) is 23.3 Å². The van der Waals surface area contributed by atoms with E-state index in [-0.39, 0.29) is 19.2 Å². The van der Waals surface area contributed by atoms with E-state index in [4.69, 9.17) is 0 Å². The van der Waals surface area contributed by atoms with Crippen LogP contribution in [0.4, 0.5) is 17.6 Å². The number of benzene rings is 1. The average molecular weight is 308 g/mol. The Bertz CT molecular complexity index is 547. The first-order valence-electron chi connectivity index (χ1n) is 6.03. The summed E-state index contributed by atoms with van der Waals surface area (Å²) in [5, 5.41) is 12.1. The van der Waals surface area contributed by atoms with E-state index in [1.165, 1.54) is 6.92 Å². The van der Waals surface area contributed by atoms with Crippen molar-refractivity contribution in [2.75, 3.05) is 27.2 Å². The molecule has 4 nitrogen and oxygen atoms in total. The molecular formula is C13H16F4N2O2. The predicted octanol–water partition coefficient (Wildman–Crippen LogP) is 1.29. The summed E-state index contributed by atoms with van der Waals surface area (Å²) >= 11 is 0. The van der Waals surface area contributed by atoms with Crippen LogP contribution in [0.2, 0.25) is 0 Å². The van der Waals surface area contributed by atoms with Crippen molar-refractivity contribution >= 4 is 5.91 Å². The molecular weight excluding hydrogens is 292 g/mol. The van der Waals surface area contributed by atoms with Crippen LogP contribution in [0.1, 0.15) is 17.3 Å². The van der Waals surface area contributed by atoms with Gasteiger partial charge in [0.25, 0.3) is 5.91 Å². The Kier molecular flexibility index (Phi) is 5.30. The van der Waals surface area contributed by atoms with Gasteiger partial charge in [-0.05, 0) is 27.1 Å². The predicted molar refractivity (Wildman–Crippen MR) is 67.8 cm³/mol. The Morgan fingerprint density at radius 1 is 1.24 bits per heavy atom. The van der Waals surface area contributed by atoms with Crippen molar-refractivity contribution in [3.8, 4) is 0 Å². The molecule has 0 radical (unpaired) electrons. The van der Waals surface area contributed by atoms with E-state index in [1.54, 1.807) is 19.0 Å². The van der Waals surface area contributed by atoms with Crippen LogP contribution in [0.5, 0.6) is 0 Å². The zero-order valence-corrected chi connectivity index (χ0v) is 11.8. The molecule has 1 atom stereocenters. The Labute approximate surface area is 119 Å². The number of likely N-dealkylation sites (N-methyl/N-ethyl adjacent to an activating group) is 1. The van der Waals surface area contributed by atoms with Gasteiger partial charge in [-0.3, -0.25) is 4.79 Å². The molecule has 0 heterocycles. The first-order valence-corrected chi connectivity index (χ1v) is 6.03. The minimum absolute atomic E-state index is 0.196. The van der Waals surface area contributed by atoms with Crippen LogP contribution in [-0.4, -0.2) is 48.7 Å². The van der Waals surface area contributed by atoms with E-state index in [2.05, 4.69) is 5.32 Å². The van der Waals surface area contributed by atoms with E-state index < -0.39 is 40.3 Å². The summed E-state index contributed by atoms with van der Waals surface area (Å²) in [7, 11) is 3.39. The van der Waals surface area contributed by atoms with Crippen LogP contribution in [0, 0.1) is 23.3 Å². The summed E-state index contributed by atoms with van der Waals surface area (Å²) in [5.41, 5.74) is -2.29. The zero-order chi connectivity index (χ0) is 16.4. The molecule has 1 rings (SSSR count). The number of hydrogen-bond acceptors (Lipinski definition) is 3. The van der Waals surface area contributed by atoms with Gasteiger partial charge in [0.1, 0.15) is 0 Å². The van der Waals surface area contributed by atoms with Gasteiger partial charge in [-0.2, -0.15) is 0 Å². The van der Waals surface area contributed by atoms with Crippen LogP contribution < -0.4 is 5.32 Å². The largest absolute Gasteiger partial charge is 0.387 e. The SMILES string of the molecule is CN(C)CC(C)(O)CNC(=O)c1cc(F)c(F)c(F)c1F. The highest BCUT2D eigenvalue weighted by molar-refractivity contribution is 5.94. The van der Waals surface area contributed by atoms with Crippen molar-refractivity contribution in [2.45, 2.75) is 12.5 Å². The summed E-state index contributed by atoms with van der Waals surface area (Å²) in [6.07, 6.45) is 0. The fourth-order valence-corrected chi connectivity index (χ4v) is 1.84. The van der Waals surface area contributed by atoms with E-state index in [1.807, 2.05) is 0 Å². The minimum atomic E-state index is -2.06.